The molecule has 1 saturated heterocycles. The number of hydrogen-bond acceptors (Lipinski definition) is 8. The Morgan fingerprint density at radius 1 is 1.17 bits per heavy atom. The Hall–Kier alpha value is -3.67. The van der Waals surface area contributed by atoms with E-state index in [0.29, 0.717) is 29.1 Å². The molecule has 188 valence electrons. The molecule has 1 fully saturated rings. The molecule has 10 nitrogen and oxygen atoms in total. The van der Waals surface area contributed by atoms with Crippen LogP contribution in [0.15, 0.2) is 59.6 Å². The summed E-state index contributed by atoms with van der Waals surface area (Å²) in [6.45, 7) is 4.01. The minimum absolute atomic E-state index is 0.0763. The third kappa shape index (κ3) is 4.99. The number of pyridine rings is 1. The SMILES string of the molecule is COc1ccc(Cn2nc(N[C@@H]3CCNC3)c3c(Oc4ccc(C)cc4S(N)(=O)=O)ccnc32)cc1. The van der Waals surface area contributed by atoms with Gasteiger partial charge in [-0.15, -0.1) is 0 Å². The lowest BCUT2D eigenvalue weighted by Crippen LogP contribution is -2.22. The van der Waals surface area contributed by atoms with E-state index in [-0.39, 0.29) is 16.7 Å². The lowest BCUT2D eigenvalue weighted by atomic mass is 10.2. The molecule has 0 radical (unpaired) electrons. The number of benzene rings is 2. The van der Waals surface area contributed by atoms with Crippen molar-refractivity contribution in [3.63, 3.8) is 0 Å². The zero-order valence-corrected chi connectivity index (χ0v) is 20.9. The van der Waals surface area contributed by atoms with E-state index in [1.54, 1.807) is 38.4 Å². The van der Waals surface area contributed by atoms with Crippen LogP contribution in [0, 0.1) is 6.92 Å². The van der Waals surface area contributed by atoms with Crippen LogP contribution in [0.3, 0.4) is 0 Å². The van der Waals surface area contributed by atoms with Crippen molar-refractivity contribution in [2.75, 3.05) is 25.5 Å². The van der Waals surface area contributed by atoms with E-state index in [9.17, 15) is 8.42 Å². The number of primary sulfonamides is 1. The molecule has 0 amide bonds. The maximum absolute atomic E-state index is 12.3. The van der Waals surface area contributed by atoms with Crippen LogP contribution >= 0.6 is 0 Å². The minimum atomic E-state index is -3.99. The summed E-state index contributed by atoms with van der Waals surface area (Å²) in [5, 5.41) is 17.8. The quantitative estimate of drug-likeness (QED) is 0.331. The van der Waals surface area contributed by atoms with Crippen molar-refractivity contribution in [2.24, 2.45) is 5.14 Å². The number of aromatic nitrogens is 3. The predicted molar refractivity (Wildman–Crippen MR) is 137 cm³/mol. The predicted octanol–water partition coefficient (Wildman–Crippen LogP) is 3.01. The number of nitrogens with zero attached hydrogens (tertiary/aromatic N) is 3. The third-order valence-electron chi connectivity index (χ3n) is 6.11. The lowest BCUT2D eigenvalue weighted by molar-refractivity contribution is 0.414. The standard InChI is InChI=1S/C25H28N6O4S/c1-16-3-8-20(22(13-16)36(26,32)33)35-21-10-12-28-25-23(21)24(29-18-9-11-27-14-18)30-31(25)15-17-4-6-19(34-2)7-5-17/h3-8,10,12-13,18,27H,9,11,14-15H2,1-2H3,(H,29,30)(H2,26,32,33)/t18-/m1/s1. The van der Waals surface area contributed by atoms with Crippen LogP contribution in [0.4, 0.5) is 5.82 Å². The molecule has 2 aromatic heterocycles. The average Bonchev–Trinajstić information content (AvgIpc) is 3.49. The topological polar surface area (TPSA) is 133 Å². The number of ether oxygens (including phenoxy) is 2. The van der Waals surface area contributed by atoms with Gasteiger partial charge < -0.3 is 20.1 Å². The van der Waals surface area contributed by atoms with E-state index in [1.165, 1.54) is 6.07 Å². The first-order valence-corrected chi connectivity index (χ1v) is 13.1. The fraction of sp³-hybridized carbons (Fsp3) is 0.280. The number of nitrogens with two attached hydrogens (primary N) is 1. The highest BCUT2D eigenvalue weighted by Gasteiger charge is 2.23. The van der Waals surface area contributed by atoms with Crippen molar-refractivity contribution < 1.29 is 17.9 Å². The minimum Gasteiger partial charge on any atom is -0.497 e. The van der Waals surface area contributed by atoms with Crippen LogP contribution in [-0.4, -0.2) is 49.4 Å². The third-order valence-corrected chi connectivity index (χ3v) is 7.05. The molecule has 4 aromatic rings. The van der Waals surface area contributed by atoms with Crippen molar-refractivity contribution in [2.45, 2.75) is 30.8 Å². The molecule has 0 unspecified atom stereocenters. The lowest BCUT2D eigenvalue weighted by Gasteiger charge is -2.13. The fourth-order valence-corrected chi connectivity index (χ4v) is 5.02. The van der Waals surface area contributed by atoms with E-state index in [4.69, 9.17) is 19.7 Å². The normalized spacial score (nSPS) is 15.8. The van der Waals surface area contributed by atoms with Crippen LogP contribution in [0.5, 0.6) is 17.2 Å². The highest BCUT2D eigenvalue weighted by Crippen LogP contribution is 2.37. The molecule has 1 aliphatic rings. The highest BCUT2D eigenvalue weighted by molar-refractivity contribution is 7.89. The summed E-state index contributed by atoms with van der Waals surface area (Å²) in [7, 11) is -2.36. The zero-order valence-electron chi connectivity index (χ0n) is 20.1. The molecule has 1 atom stereocenters. The van der Waals surface area contributed by atoms with Crippen LogP contribution in [0.25, 0.3) is 11.0 Å². The number of anilines is 1. The van der Waals surface area contributed by atoms with Crippen LogP contribution in [0.1, 0.15) is 17.5 Å². The molecule has 0 aliphatic carbocycles. The largest absolute Gasteiger partial charge is 0.497 e. The van der Waals surface area contributed by atoms with Crippen LogP contribution in [-0.2, 0) is 16.6 Å². The summed E-state index contributed by atoms with van der Waals surface area (Å²) in [5.41, 5.74) is 2.40. The van der Waals surface area contributed by atoms with Gasteiger partial charge in [-0.25, -0.2) is 23.2 Å². The van der Waals surface area contributed by atoms with E-state index in [2.05, 4.69) is 15.6 Å². The van der Waals surface area contributed by atoms with Gasteiger partial charge in [0.15, 0.2) is 11.5 Å². The molecule has 2 aromatic carbocycles. The van der Waals surface area contributed by atoms with Gasteiger partial charge in [0.05, 0.1) is 13.7 Å². The van der Waals surface area contributed by atoms with Crippen molar-refractivity contribution in [1.82, 2.24) is 20.1 Å². The Labute approximate surface area is 209 Å². The van der Waals surface area contributed by atoms with Gasteiger partial charge in [-0.2, -0.15) is 5.10 Å². The molecule has 0 saturated carbocycles. The smallest absolute Gasteiger partial charge is 0.241 e. The van der Waals surface area contributed by atoms with E-state index >= 15 is 0 Å². The second-order valence-corrected chi connectivity index (χ2v) is 10.3. The number of sulfonamides is 1. The number of fused-ring (bicyclic) bond motifs is 1. The van der Waals surface area contributed by atoms with Gasteiger partial charge in [-0.05, 0) is 55.3 Å². The fourth-order valence-electron chi connectivity index (χ4n) is 4.28. The Balaban J connectivity index is 1.59. The zero-order chi connectivity index (χ0) is 25.3. The molecule has 0 spiro atoms. The monoisotopic (exact) mass is 508 g/mol. The highest BCUT2D eigenvalue weighted by atomic mass is 32.2. The molecule has 11 heteroatoms. The van der Waals surface area contributed by atoms with E-state index < -0.39 is 10.0 Å². The van der Waals surface area contributed by atoms with Gasteiger partial charge in [0.1, 0.15) is 27.5 Å². The van der Waals surface area contributed by atoms with E-state index in [0.717, 1.165) is 36.4 Å². The summed E-state index contributed by atoms with van der Waals surface area (Å²) in [6.07, 6.45) is 2.58. The van der Waals surface area contributed by atoms with Crippen molar-refractivity contribution in [3.05, 3.63) is 65.9 Å². The number of aryl methyl sites for hydroxylation is 1. The molecule has 5 rings (SSSR count). The molecule has 36 heavy (non-hydrogen) atoms. The maximum Gasteiger partial charge on any atom is 0.241 e. The first-order chi connectivity index (χ1) is 17.3. The Bertz CT molecular complexity index is 1500. The first-order valence-electron chi connectivity index (χ1n) is 11.6. The molecule has 1 aliphatic heterocycles. The summed E-state index contributed by atoms with van der Waals surface area (Å²) in [6, 6.07) is 14.5. The van der Waals surface area contributed by atoms with E-state index in [1.807, 2.05) is 28.9 Å². The van der Waals surface area contributed by atoms with Crippen LogP contribution in [0.2, 0.25) is 0 Å². The second-order valence-electron chi connectivity index (χ2n) is 8.79. The van der Waals surface area contributed by atoms with Gasteiger partial charge in [-0.3, -0.25) is 0 Å². The summed E-state index contributed by atoms with van der Waals surface area (Å²) in [5.74, 6) is 1.98. The molecule has 0 bridgehead atoms. The average molecular weight is 509 g/mol. The summed E-state index contributed by atoms with van der Waals surface area (Å²) in [4.78, 5) is 4.51. The number of methoxy groups -OCH3 is 1. The Morgan fingerprint density at radius 2 is 1.97 bits per heavy atom. The van der Waals surface area contributed by atoms with Crippen molar-refractivity contribution in [3.8, 4) is 17.2 Å². The molecular formula is C25H28N6O4S. The summed E-state index contributed by atoms with van der Waals surface area (Å²) >= 11 is 0. The Morgan fingerprint density at radius 3 is 2.67 bits per heavy atom. The molecule has 4 N–H and O–H groups in total. The molecular weight excluding hydrogens is 480 g/mol. The van der Waals surface area contributed by atoms with Gasteiger partial charge in [-0.1, -0.05) is 18.2 Å². The van der Waals surface area contributed by atoms with Crippen LogP contribution < -0.4 is 25.2 Å². The first kappa shape index (κ1) is 24.0. The van der Waals surface area contributed by atoms with Crippen molar-refractivity contribution in [1.29, 1.82) is 0 Å². The number of nitrogens with one attached hydrogen (secondary N) is 2. The van der Waals surface area contributed by atoms with Gasteiger partial charge in [0, 0.05) is 24.8 Å². The second kappa shape index (κ2) is 9.76. The van der Waals surface area contributed by atoms with Gasteiger partial charge >= 0.3 is 0 Å². The number of hydrogen-bond donors (Lipinski definition) is 3. The van der Waals surface area contributed by atoms with Gasteiger partial charge in [0.2, 0.25) is 10.0 Å². The Kier molecular flexibility index (Phi) is 6.52. The molecule has 3 heterocycles. The maximum atomic E-state index is 12.3. The summed E-state index contributed by atoms with van der Waals surface area (Å²) < 4.78 is 37.8. The van der Waals surface area contributed by atoms with Crippen molar-refractivity contribution >= 4 is 26.9 Å². The number of rotatable bonds is 8. The van der Waals surface area contributed by atoms with Gasteiger partial charge in [0.25, 0.3) is 0 Å².